The molecule has 0 spiro atoms. The molecule has 1 aromatic heterocycles. The molecule has 5 nitrogen and oxygen atoms in total. The van der Waals surface area contributed by atoms with Gasteiger partial charge in [0.15, 0.2) is 5.79 Å². The van der Waals surface area contributed by atoms with Gasteiger partial charge in [0.1, 0.15) is 11.9 Å². The molecule has 0 radical (unpaired) electrons. The van der Waals surface area contributed by atoms with Gasteiger partial charge in [0.25, 0.3) is 0 Å². The van der Waals surface area contributed by atoms with Gasteiger partial charge in [0.2, 0.25) is 5.95 Å². The minimum Gasteiger partial charge on any atom is -0.353 e. The molecule has 6 heteroatoms. The second kappa shape index (κ2) is 4.47. The number of benzene rings is 1. The number of hydrogen-bond acceptors (Lipinski definition) is 4. The van der Waals surface area contributed by atoms with E-state index in [2.05, 4.69) is 15.3 Å². The Kier molecular flexibility index (Phi) is 2.91. The van der Waals surface area contributed by atoms with Crippen molar-refractivity contribution in [1.82, 2.24) is 9.97 Å². The summed E-state index contributed by atoms with van der Waals surface area (Å²) in [6.07, 6.45) is -0.0139. The zero-order valence-electron chi connectivity index (χ0n) is 10.9. The van der Waals surface area contributed by atoms with Crippen LogP contribution in [0.15, 0.2) is 18.2 Å². The maximum Gasteiger partial charge on any atom is 0.201 e. The molecule has 0 saturated carbocycles. The van der Waals surface area contributed by atoms with Gasteiger partial charge in [0.05, 0.1) is 17.6 Å². The van der Waals surface area contributed by atoms with E-state index >= 15 is 0 Å². The van der Waals surface area contributed by atoms with E-state index < -0.39 is 5.79 Å². The van der Waals surface area contributed by atoms with Crippen LogP contribution in [0, 0.1) is 5.82 Å². The largest absolute Gasteiger partial charge is 0.353 e. The van der Waals surface area contributed by atoms with Crippen LogP contribution >= 0.6 is 0 Å². The highest BCUT2D eigenvalue weighted by atomic mass is 19.1. The van der Waals surface area contributed by atoms with Gasteiger partial charge in [-0.05, 0) is 32.0 Å². The van der Waals surface area contributed by atoms with E-state index in [1.54, 1.807) is 6.07 Å². The van der Waals surface area contributed by atoms with E-state index in [0.29, 0.717) is 24.6 Å². The number of nitrogens with one attached hydrogen (secondary N) is 2. The van der Waals surface area contributed by atoms with Crippen molar-refractivity contribution >= 4 is 17.0 Å². The molecule has 2 N–H and O–H groups in total. The standard InChI is InChI=1S/C13H16FN3O2/c1-13(2)18-7-9(19-13)6-15-12-16-10-4-3-8(14)5-11(10)17-12/h3-5,9H,6-7H2,1-2H3,(H2,15,16,17). The highest BCUT2D eigenvalue weighted by Gasteiger charge is 2.32. The molecule has 2 heterocycles. The minimum absolute atomic E-state index is 0.0139. The van der Waals surface area contributed by atoms with E-state index in [0.717, 1.165) is 5.52 Å². The third kappa shape index (κ3) is 2.69. The van der Waals surface area contributed by atoms with E-state index in [1.807, 2.05) is 13.8 Å². The molecule has 2 aromatic rings. The molecule has 1 saturated heterocycles. The second-order valence-corrected chi connectivity index (χ2v) is 5.08. The van der Waals surface area contributed by atoms with Crippen molar-refractivity contribution in [3.05, 3.63) is 24.0 Å². The number of aromatic nitrogens is 2. The van der Waals surface area contributed by atoms with Crippen molar-refractivity contribution in [3.8, 4) is 0 Å². The zero-order chi connectivity index (χ0) is 13.5. The Morgan fingerprint density at radius 1 is 1.53 bits per heavy atom. The number of aromatic amines is 1. The summed E-state index contributed by atoms with van der Waals surface area (Å²) in [6.45, 7) is 4.91. The zero-order valence-corrected chi connectivity index (χ0v) is 10.9. The van der Waals surface area contributed by atoms with Crippen molar-refractivity contribution in [1.29, 1.82) is 0 Å². The SMILES string of the molecule is CC1(C)OCC(CNc2nc3ccc(F)cc3[nH]2)O1. The molecule has 1 aliphatic heterocycles. The monoisotopic (exact) mass is 265 g/mol. The number of anilines is 1. The summed E-state index contributed by atoms with van der Waals surface area (Å²) in [5.41, 5.74) is 1.40. The van der Waals surface area contributed by atoms with Crippen LogP contribution in [0.3, 0.4) is 0 Å². The summed E-state index contributed by atoms with van der Waals surface area (Å²) in [4.78, 5) is 7.34. The lowest BCUT2D eigenvalue weighted by Gasteiger charge is -2.17. The van der Waals surface area contributed by atoms with Gasteiger partial charge in [-0.2, -0.15) is 0 Å². The molecule has 0 bridgehead atoms. The number of ether oxygens (including phenoxy) is 2. The van der Waals surface area contributed by atoms with Crippen LogP contribution < -0.4 is 5.32 Å². The number of H-pyrrole nitrogens is 1. The maximum absolute atomic E-state index is 13.1. The van der Waals surface area contributed by atoms with Crippen LogP contribution in [0.4, 0.5) is 10.3 Å². The summed E-state index contributed by atoms with van der Waals surface area (Å²) in [5.74, 6) is -0.200. The van der Waals surface area contributed by atoms with Gasteiger partial charge in [-0.15, -0.1) is 0 Å². The number of hydrogen-bond donors (Lipinski definition) is 2. The molecule has 102 valence electrons. The first-order chi connectivity index (χ1) is 9.02. The van der Waals surface area contributed by atoms with Gasteiger partial charge in [-0.3, -0.25) is 0 Å². The summed E-state index contributed by atoms with van der Waals surface area (Å²) in [5, 5.41) is 3.14. The number of halogens is 1. The number of nitrogens with zero attached hydrogens (tertiary/aromatic N) is 1. The predicted octanol–water partition coefficient (Wildman–Crippen LogP) is 2.27. The highest BCUT2D eigenvalue weighted by Crippen LogP contribution is 2.22. The lowest BCUT2D eigenvalue weighted by molar-refractivity contribution is -0.136. The first-order valence-electron chi connectivity index (χ1n) is 6.23. The summed E-state index contributed by atoms with van der Waals surface area (Å²) in [6, 6.07) is 4.46. The normalized spacial score (nSPS) is 21.9. The Hall–Kier alpha value is -1.66. The Morgan fingerprint density at radius 2 is 2.37 bits per heavy atom. The molecule has 1 atom stereocenters. The summed E-state index contributed by atoms with van der Waals surface area (Å²) in [7, 11) is 0. The van der Waals surface area contributed by atoms with E-state index in [4.69, 9.17) is 9.47 Å². The quantitative estimate of drug-likeness (QED) is 0.893. The number of fused-ring (bicyclic) bond motifs is 1. The van der Waals surface area contributed by atoms with Crippen molar-refractivity contribution in [2.75, 3.05) is 18.5 Å². The van der Waals surface area contributed by atoms with E-state index in [9.17, 15) is 4.39 Å². The van der Waals surface area contributed by atoms with Crippen LogP contribution in [0.25, 0.3) is 11.0 Å². The third-order valence-electron chi connectivity index (χ3n) is 3.01. The fourth-order valence-corrected chi connectivity index (χ4v) is 2.14. The van der Waals surface area contributed by atoms with Gasteiger partial charge in [0, 0.05) is 6.54 Å². The maximum atomic E-state index is 13.1. The Labute approximate surface area is 110 Å². The molecular weight excluding hydrogens is 249 g/mol. The number of rotatable bonds is 3. The average Bonchev–Trinajstić information content (AvgIpc) is 2.89. The second-order valence-electron chi connectivity index (χ2n) is 5.08. The van der Waals surface area contributed by atoms with E-state index in [-0.39, 0.29) is 11.9 Å². The van der Waals surface area contributed by atoms with Crippen LogP contribution in [0.1, 0.15) is 13.8 Å². The van der Waals surface area contributed by atoms with E-state index in [1.165, 1.54) is 12.1 Å². The van der Waals surface area contributed by atoms with Crippen LogP contribution in [-0.2, 0) is 9.47 Å². The predicted molar refractivity (Wildman–Crippen MR) is 69.4 cm³/mol. The molecule has 1 fully saturated rings. The molecule has 1 unspecified atom stereocenters. The van der Waals surface area contributed by atoms with Gasteiger partial charge in [-0.25, -0.2) is 9.37 Å². The molecular formula is C13H16FN3O2. The third-order valence-corrected chi connectivity index (χ3v) is 3.01. The summed E-state index contributed by atoms with van der Waals surface area (Å²) >= 11 is 0. The van der Waals surface area contributed by atoms with Gasteiger partial charge in [-0.1, -0.05) is 0 Å². The van der Waals surface area contributed by atoms with Crippen LogP contribution in [0.2, 0.25) is 0 Å². The Morgan fingerprint density at radius 3 is 3.11 bits per heavy atom. The molecule has 0 aliphatic carbocycles. The molecule has 3 rings (SSSR count). The Balaban J connectivity index is 1.66. The lowest BCUT2D eigenvalue weighted by Crippen LogP contribution is -2.26. The molecule has 0 amide bonds. The van der Waals surface area contributed by atoms with Crippen LogP contribution in [0.5, 0.6) is 0 Å². The van der Waals surface area contributed by atoms with Gasteiger partial charge < -0.3 is 19.8 Å². The summed E-state index contributed by atoms with van der Waals surface area (Å²) < 4.78 is 24.2. The van der Waals surface area contributed by atoms with Crippen molar-refractivity contribution < 1.29 is 13.9 Å². The molecule has 1 aliphatic rings. The van der Waals surface area contributed by atoms with Crippen LogP contribution in [-0.4, -0.2) is 35.0 Å². The van der Waals surface area contributed by atoms with Crippen molar-refractivity contribution in [3.63, 3.8) is 0 Å². The fraction of sp³-hybridized carbons (Fsp3) is 0.462. The Bertz CT molecular complexity index is 597. The van der Waals surface area contributed by atoms with Gasteiger partial charge >= 0.3 is 0 Å². The minimum atomic E-state index is -0.524. The fourth-order valence-electron chi connectivity index (χ4n) is 2.14. The molecule has 19 heavy (non-hydrogen) atoms. The smallest absolute Gasteiger partial charge is 0.201 e. The number of imidazole rings is 1. The topological polar surface area (TPSA) is 59.2 Å². The lowest BCUT2D eigenvalue weighted by atomic mass is 10.3. The average molecular weight is 265 g/mol. The first kappa shape index (κ1) is 12.4. The molecule has 1 aromatic carbocycles. The van der Waals surface area contributed by atoms with Crippen molar-refractivity contribution in [2.45, 2.75) is 25.7 Å². The first-order valence-corrected chi connectivity index (χ1v) is 6.23. The highest BCUT2D eigenvalue weighted by molar-refractivity contribution is 5.77. The van der Waals surface area contributed by atoms with Crippen molar-refractivity contribution in [2.24, 2.45) is 0 Å².